The largest absolute Gasteiger partial charge is 0.348 e. The van der Waals surface area contributed by atoms with Crippen molar-refractivity contribution in [2.45, 2.75) is 27.3 Å². The van der Waals surface area contributed by atoms with Crippen molar-refractivity contribution in [3.05, 3.63) is 70.1 Å². The van der Waals surface area contributed by atoms with Crippen LogP contribution in [0.1, 0.15) is 25.0 Å². The molecule has 0 saturated carbocycles. The number of pyridine rings is 1. The Morgan fingerprint density at radius 1 is 1.07 bits per heavy atom. The minimum absolute atomic E-state index is 0.207. The van der Waals surface area contributed by atoms with Crippen molar-refractivity contribution >= 4 is 16.6 Å². The van der Waals surface area contributed by atoms with Crippen LogP contribution < -0.4 is 11.0 Å². The minimum atomic E-state index is -0.207. The minimum Gasteiger partial charge on any atom is -0.312 e. The summed E-state index contributed by atoms with van der Waals surface area (Å²) in [5, 5.41) is 11.1. The predicted molar refractivity (Wildman–Crippen MR) is 110 cm³/mol. The Hall–Kier alpha value is -2.92. The summed E-state index contributed by atoms with van der Waals surface area (Å²) in [6.45, 7) is 8.38. The van der Waals surface area contributed by atoms with Gasteiger partial charge in [0.1, 0.15) is 0 Å². The number of aromatic nitrogens is 3. The molecule has 0 atom stereocenters. The van der Waals surface area contributed by atoms with Crippen LogP contribution in [0.15, 0.2) is 53.3 Å². The third-order valence-electron chi connectivity index (χ3n) is 4.88. The summed E-state index contributed by atoms with van der Waals surface area (Å²) in [6, 6.07) is 16.8. The number of nitrogens with one attached hydrogen (secondary N) is 2. The zero-order valence-corrected chi connectivity index (χ0v) is 15.9. The number of fused-ring (bicyclic) bond motifs is 3. The lowest BCUT2D eigenvalue weighted by Crippen LogP contribution is -2.18. The van der Waals surface area contributed by atoms with E-state index in [4.69, 9.17) is 0 Å². The zero-order valence-electron chi connectivity index (χ0n) is 15.9. The van der Waals surface area contributed by atoms with E-state index in [0.717, 1.165) is 35.1 Å². The van der Waals surface area contributed by atoms with Gasteiger partial charge in [0.15, 0.2) is 5.65 Å². The van der Waals surface area contributed by atoms with Crippen LogP contribution in [0.3, 0.4) is 0 Å². The molecule has 0 saturated heterocycles. The number of hydrogen-bond acceptors (Lipinski definition) is 3. The molecule has 0 aliphatic carbocycles. The highest BCUT2D eigenvalue weighted by Crippen LogP contribution is 2.27. The summed E-state index contributed by atoms with van der Waals surface area (Å²) in [6.07, 6.45) is 0. The molecule has 5 heteroatoms. The summed E-state index contributed by atoms with van der Waals surface area (Å²) < 4.78 is 1.62. The molecule has 27 heavy (non-hydrogen) atoms. The predicted octanol–water partition coefficient (Wildman–Crippen LogP) is 3.90. The first-order valence-corrected chi connectivity index (χ1v) is 9.33. The molecule has 0 aliphatic heterocycles. The van der Waals surface area contributed by atoms with Gasteiger partial charge >= 0.3 is 5.69 Å². The molecule has 4 aromatic rings. The summed E-state index contributed by atoms with van der Waals surface area (Å²) in [5.41, 5.74) is 6.02. The summed E-state index contributed by atoms with van der Waals surface area (Å²) in [5.74, 6) is 0.652. The monoisotopic (exact) mass is 360 g/mol. The fraction of sp³-hybridized carbons (Fsp3) is 0.273. The number of H-pyrrole nitrogens is 1. The van der Waals surface area contributed by atoms with Gasteiger partial charge in [-0.25, -0.2) is 14.3 Å². The number of rotatable bonds is 5. The van der Waals surface area contributed by atoms with Gasteiger partial charge in [0.2, 0.25) is 0 Å². The number of nitrogens with zero attached hydrogens (tertiary/aromatic N) is 2. The molecule has 0 unspecified atom stereocenters. The van der Waals surface area contributed by atoms with Gasteiger partial charge in [0, 0.05) is 11.9 Å². The molecule has 2 aromatic carbocycles. The fourth-order valence-corrected chi connectivity index (χ4v) is 3.46. The van der Waals surface area contributed by atoms with E-state index in [1.165, 1.54) is 11.1 Å². The molecule has 2 heterocycles. The van der Waals surface area contributed by atoms with Crippen LogP contribution in [0.2, 0.25) is 0 Å². The van der Waals surface area contributed by atoms with Gasteiger partial charge in [-0.2, -0.15) is 5.10 Å². The average molecular weight is 360 g/mol. The van der Waals surface area contributed by atoms with E-state index in [-0.39, 0.29) is 5.69 Å². The number of aryl methyl sites for hydroxylation is 1. The van der Waals surface area contributed by atoms with Crippen molar-refractivity contribution in [2.75, 3.05) is 6.54 Å². The van der Waals surface area contributed by atoms with E-state index >= 15 is 0 Å². The average Bonchev–Trinajstić information content (AvgIpc) is 3.02. The first kappa shape index (κ1) is 17.5. The first-order valence-electron chi connectivity index (χ1n) is 9.33. The molecule has 0 spiro atoms. The maximum atomic E-state index is 12.1. The second kappa shape index (κ2) is 7.00. The highest BCUT2D eigenvalue weighted by Gasteiger charge is 2.09. The van der Waals surface area contributed by atoms with Crippen molar-refractivity contribution in [2.24, 2.45) is 5.92 Å². The van der Waals surface area contributed by atoms with Gasteiger partial charge in [-0.05, 0) is 59.8 Å². The molecule has 5 nitrogen and oxygen atoms in total. The van der Waals surface area contributed by atoms with Crippen molar-refractivity contribution in [3.63, 3.8) is 0 Å². The molecular formula is C22H24N4O. The lowest BCUT2D eigenvalue weighted by molar-refractivity contribution is 0.552. The Morgan fingerprint density at radius 2 is 1.81 bits per heavy atom. The molecule has 2 aromatic heterocycles. The highest BCUT2D eigenvalue weighted by molar-refractivity contribution is 5.89. The first-order chi connectivity index (χ1) is 13.0. The smallest absolute Gasteiger partial charge is 0.312 e. The summed E-state index contributed by atoms with van der Waals surface area (Å²) in [7, 11) is 0. The topological polar surface area (TPSA) is 62.2 Å². The Bertz CT molecular complexity index is 1150. The van der Waals surface area contributed by atoms with Crippen molar-refractivity contribution in [1.82, 2.24) is 19.9 Å². The molecule has 0 amide bonds. The quantitative estimate of drug-likeness (QED) is 0.567. The molecule has 138 valence electrons. The van der Waals surface area contributed by atoms with E-state index < -0.39 is 0 Å². The van der Waals surface area contributed by atoms with Crippen LogP contribution in [-0.2, 0) is 6.54 Å². The second-order valence-electron chi connectivity index (χ2n) is 7.50. The maximum absolute atomic E-state index is 12.1. The Morgan fingerprint density at radius 3 is 2.56 bits per heavy atom. The third kappa shape index (κ3) is 3.38. The molecule has 2 N–H and O–H groups in total. The Balaban J connectivity index is 1.68. The molecule has 0 aliphatic rings. The van der Waals surface area contributed by atoms with E-state index in [1.807, 2.05) is 12.1 Å². The van der Waals surface area contributed by atoms with E-state index in [0.29, 0.717) is 11.6 Å². The summed E-state index contributed by atoms with van der Waals surface area (Å²) in [4.78, 5) is 12.1. The van der Waals surface area contributed by atoms with Gasteiger partial charge in [-0.3, -0.25) is 0 Å². The number of aromatic amines is 1. The molecule has 0 bridgehead atoms. The normalized spacial score (nSPS) is 11.7. The standard InChI is InChI=1S/C22H24N4O/c1-14(2)12-23-13-16-4-6-17(7-5-16)18-8-9-20-19(11-18)15(3)10-21-24-25-22(27)26(20)21/h4-11,14,23H,12-13H2,1-3H3,(H,25,27). The van der Waals surface area contributed by atoms with Crippen molar-refractivity contribution < 1.29 is 0 Å². The van der Waals surface area contributed by atoms with E-state index in [2.05, 4.69) is 72.7 Å². The van der Waals surface area contributed by atoms with Gasteiger partial charge in [0.05, 0.1) is 5.52 Å². The lowest BCUT2D eigenvalue weighted by Gasteiger charge is -2.10. The Kier molecular flexibility index (Phi) is 4.54. The van der Waals surface area contributed by atoms with Gasteiger partial charge in [-0.15, -0.1) is 0 Å². The number of hydrogen-bond donors (Lipinski definition) is 2. The van der Waals surface area contributed by atoms with Crippen LogP contribution in [0.25, 0.3) is 27.7 Å². The van der Waals surface area contributed by atoms with Gasteiger partial charge < -0.3 is 5.32 Å². The second-order valence-corrected chi connectivity index (χ2v) is 7.50. The molecule has 4 rings (SSSR count). The van der Waals surface area contributed by atoms with Gasteiger partial charge in [0.25, 0.3) is 0 Å². The Labute approximate surface area is 158 Å². The van der Waals surface area contributed by atoms with Crippen LogP contribution in [0, 0.1) is 12.8 Å². The van der Waals surface area contributed by atoms with E-state index in [9.17, 15) is 4.79 Å². The zero-order chi connectivity index (χ0) is 19.0. The fourth-order valence-electron chi connectivity index (χ4n) is 3.46. The van der Waals surface area contributed by atoms with Crippen LogP contribution in [-0.4, -0.2) is 21.1 Å². The molecular weight excluding hydrogens is 336 g/mol. The van der Waals surface area contributed by atoms with Gasteiger partial charge in [-0.1, -0.05) is 44.2 Å². The summed E-state index contributed by atoms with van der Waals surface area (Å²) >= 11 is 0. The number of benzene rings is 2. The lowest BCUT2D eigenvalue weighted by atomic mass is 10.00. The van der Waals surface area contributed by atoms with Crippen LogP contribution in [0.5, 0.6) is 0 Å². The van der Waals surface area contributed by atoms with Crippen LogP contribution in [0.4, 0.5) is 0 Å². The maximum Gasteiger partial charge on any atom is 0.348 e. The molecule has 0 radical (unpaired) electrons. The third-order valence-corrected chi connectivity index (χ3v) is 4.88. The highest BCUT2D eigenvalue weighted by atomic mass is 16.1. The van der Waals surface area contributed by atoms with Crippen molar-refractivity contribution in [3.8, 4) is 11.1 Å². The molecule has 0 fully saturated rings. The SMILES string of the molecule is Cc1cc2n[nH]c(=O)n2c2ccc(-c3ccc(CNCC(C)C)cc3)cc12. The van der Waals surface area contributed by atoms with E-state index in [1.54, 1.807) is 4.40 Å². The van der Waals surface area contributed by atoms with Crippen LogP contribution >= 0.6 is 0 Å². The van der Waals surface area contributed by atoms with Crippen molar-refractivity contribution in [1.29, 1.82) is 0 Å².